The van der Waals surface area contributed by atoms with E-state index in [-0.39, 0.29) is 29.8 Å². The van der Waals surface area contributed by atoms with E-state index in [9.17, 15) is 46.0 Å². The Labute approximate surface area is 341 Å². The molecule has 0 aromatic carbocycles. The Bertz CT molecular complexity index is 1460. The van der Waals surface area contributed by atoms with Gasteiger partial charge in [0.1, 0.15) is 60.0 Å². The Morgan fingerprint density at radius 3 is 2.12 bits per heavy atom. The molecule has 0 radical (unpaired) electrons. The highest BCUT2D eigenvalue weighted by molar-refractivity contribution is 5.28. The van der Waals surface area contributed by atoms with Gasteiger partial charge in [-0.15, -0.1) is 0 Å². The summed E-state index contributed by atoms with van der Waals surface area (Å²) in [5, 5.41) is 96.0. The van der Waals surface area contributed by atoms with Gasteiger partial charge in [-0.2, -0.15) is 0 Å². The van der Waals surface area contributed by atoms with Gasteiger partial charge in [0, 0.05) is 32.5 Å². The lowest BCUT2D eigenvalue weighted by Gasteiger charge is -2.60. The van der Waals surface area contributed by atoms with Crippen LogP contribution < -0.4 is 0 Å². The van der Waals surface area contributed by atoms with E-state index in [2.05, 4.69) is 26.8 Å². The molecule has 4 aliphatic carbocycles. The Morgan fingerprint density at radius 1 is 0.810 bits per heavy atom. The van der Waals surface area contributed by atoms with Crippen molar-refractivity contribution < 1.29 is 79.1 Å². The van der Waals surface area contributed by atoms with Crippen LogP contribution in [-0.2, 0) is 33.2 Å². The fourth-order valence-electron chi connectivity index (χ4n) is 12.8. The summed E-state index contributed by atoms with van der Waals surface area (Å²) >= 11 is 0. The molecule has 3 aliphatic heterocycles. The number of hydrogen-bond donors (Lipinski definition) is 9. The van der Waals surface area contributed by atoms with Crippen molar-refractivity contribution in [3.63, 3.8) is 0 Å². The smallest absolute Gasteiger partial charge is 0.188 e. The average Bonchev–Trinajstić information content (AvgIpc) is 3.55. The first-order valence-corrected chi connectivity index (χ1v) is 21.4. The first kappa shape index (κ1) is 45.1. The monoisotopic (exact) mass is 830 g/mol. The molecular formula is C42H70O16. The third-order valence-electron chi connectivity index (χ3n) is 16.8. The maximum Gasteiger partial charge on any atom is 0.188 e. The van der Waals surface area contributed by atoms with Crippen LogP contribution >= 0.6 is 0 Å². The number of aliphatic hydroxyl groups excluding tert-OH is 8. The molecule has 0 aromatic heterocycles. The van der Waals surface area contributed by atoms with Crippen LogP contribution in [-0.4, -0.2) is 171 Å². The van der Waals surface area contributed by atoms with Crippen LogP contribution in [0.3, 0.4) is 0 Å². The van der Waals surface area contributed by atoms with Crippen LogP contribution in [0.1, 0.15) is 86.0 Å². The first-order valence-electron chi connectivity index (χ1n) is 21.4. The minimum absolute atomic E-state index is 0.0752. The Morgan fingerprint density at radius 2 is 1.47 bits per heavy atom. The van der Waals surface area contributed by atoms with E-state index >= 15 is 0 Å². The lowest BCUT2D eigenvalue weighted by molar-refractivity contribution is -0.339. The van der Waals surface area contributed by atoms with Crippen molar-refractivity contribution in [2.45, 2.75) is 183 Å². The number of rotatable bonds is 10. The van der Waals surface area contributed by atoms with Crippen LogP contribution in [0.15, 0.2) is 11.6 Å². The molecule has 0 unspecified atom stereocenters. The molecule has 0 amide bonds. The quantitative estimate of drug-likeness (QED) is 0.133. The number of aliphatic hydroxyl groups is 9. The van der Waals surface area contributed by atoms with Crippen molar-refractivity contribution in [3.05, 3.63) is 11.6 Å². The molecule has 334 valence electrons. The fourth-order valence-corrected chi connectivity index (χ4v) is 12.8. The molecule has 23 atom stereocenters. The predicted octanol–water partition coefficient (Wildman–Crippen LogP) is 0.0991. The van der Waals surface area contributed by atoms with Gasteiger partial charge in [-0.1, -0.05) is 32.4 Å². The molecule has 0 aromatic rings. The van der Waals surface area contributed by atoms with Gasteiger partial charge in [-0.3, -0.25) is 0 Å². The molecule has 7 aliphatic rings. The topological polar surface area (TPSA) is 247 Å². The number of ether oxygens (including phenoxy) is 7. The van der Waals surface area contributed by atoms with E-state index in [0.29, 0.717) is 30.6 Å². The summed E-state index contributed by atoms with van der Waals surface area (Å²) in [5.74, 6) is 1.73. The summed E-state index contributed by atoms with van der Waals surface area (Å²) in [5.41, 5.74) is -1.43. The van der Waals surface area contributed by atoms with Crippen molar-refractivity contribution in [2.24, 2.45) is 40.4 Å². The second-order valence-electron chi connectivity index (χ2n) is 19.5. The highest BCUT2D eigenvalue weighted by Crippen LogP contribution is 2.68. The molecule has 16 nitrogen and oxygen atoms in total. The van der Waals surface area contributed by atoms with Gasteiger partial charge in [-0.05, 0) is 87.4 Å². The van der Waals surface area contributed by atoms with Gasteiger partial charge in [0.05, 0.1) is 31.5 Å². The maximum atomic E-state index is 12.0. The van der Waals surface area contributed by atoms with E-state index in [1.165, 1.54) is 0 Å². The van der Waals surface area contributed by atoms with E-state index < -0.39 is 110 Å². The molecular weight excluding hydrogens is 760 g/mol. The summed E-state index contributed by atoms with van der Waals surface area (Å²) in [6.45, 7) is 9.47. The van der Waals surface area contributed by atoms with Gasteiger partial charge in [0.15, 0.2) is 18.9 Å². The lowest BCUT2D eigenvalue weighted by atomic mass is 9.46. The molecule has 0 spiro atoms. The van der Waals surface area contributed by atoms with Crippen molar-refractivity contribution in [2.75, 3.05) is 27.4 Å². The van der Waals surface area contributed by atoms with Gasteiger partial charge in [-0.25, -0.2) is 0 Å². The zero-order valence-corrected chi connectivity index (χ0v) is 35.0. The Hall–Kier alpha value is -0.900. The van der Waals surface area contributed by atoms with E-state index in [1.807, 2.05) is 6.92 Å². The van der Waals surface area contributed by atoms with Gasteiger partial charge < -0.3 is 79.1 Å². The number of hydrogen-bond acceptors (Lipinski definition) is 16. The zero-order valence-electron chi connectivity index (χ0n) is 35.0. The average molecular weight is 831 g/mol. The van der Waals surface area contributed by atoms with Crippen molar-refractivity contribution >= 4 is 0 Å². The van der Waals surface area contributed by atoms with Crippen molar-refractivity contribution in [3.8, 4) is 0 Å². The molecule has 16 heteroatoms. The largest absolute Gasteiger partial charge is 0.394 e. The van der Waals surface area contributed by atoms with E-state index in [4.69, 9.17) is 33.2 Å². The molecule has 58 heavy (non-hydrogen) atoms. The van der Waals surface area contributed by atoms with E-state index in [1.54, 1.807) is 21.1 Å². The molecule has 0 bridgehead atoms. The normalized spacial score (nSPS) is 55.2. The lowest BCUT2D eigenvalue weighted by Crippen LogP contribution is -2.66. The summed E-state index contributed by atoms with van der Waals surface area (Å²) in [7, 11) is 3.19. The first-order chi connectivity index (χ1) is 27.3. The summed E-state index contributed by atoms with van der Waals surface area (Å²) < 4.78 is 41.3. The molecule has 3 saturated heterocycles. The van der Waals surface area contributed by atoms with Gasteiger partial charge >= 0.3 is 0 Å². The van der Waals surface area contributed by atoms with E-state index in [0.717, 1.165) is 37.7 Å². The fraction of sp³-hybridized carbons (Fsp3) is 0.952. The van der Waals surface area contributed by atoms with Crippen LogP contribution in [0.4, 0.5) is 0 Å². The van der Waals surface area contributed by atoms with Crippen LogP contribution in [0.5, 0.6) is 0 Å². The number of fused-ring (bicyclic) bond motifs is 5. The standard InChI is InChI=1S/C42H70O16/c1-19(26-16-40(3,53-7)42(5,51)38(52-6)58-26)23-10-11-24-22-9-8-20-14-21(15-29(44)41(20,4)25(22)12-13-39(23,24)2)55-37-35(50)33(48)31(46)28(57-37)18-54-36-34(49)32(47)30(45)27(17-43)56-36/h8,19,21-38,43-51H,9-18H2,1-7H3/t19-,21+,22-,23+,24-,25-,26+,27+,28+,29-,30+,31+,32-,33-,34+,35+,36+,37+,38+,39+,40-,41-,42+/m0/s1. The second kappa shape index (κ2) is 16.7. The second-order valence-corrected chi connectivity index (χ2v) is 19.5. The minimum Gasteiger partial charge on any atom is -0.394 e. The van der Waals surface area contributed by atoms with Crippen LogP contribution in [0.25, 0.3) is 0 Å². The minimum atomic E-state index is -1.67. The molecule has 6 fully saturated rings. The molecule has 3 heterocycles. The zero-order chi connectivity index (χ0) is 42.3. The van der Waals surface area contributed by atoms with Gasteiger partial charge in [0.25, 0.3) is 0 Å². The highest BCUT2D eigenvalue weighted by Gasteiger charge is 2.64. The van der Waals surface area contributed by atoms with Crippen molar-refractivity contribution in [1.82, 2.24) is 0 Å². The highest BCUT2D eigenvalue weighted by atomic mass is 16.7. The van der Waals surface area contributed by atoms with Crippen molar-refractivity contribution in [1.29, 1.82) is 0 Å². The number of methoxy groups -OCH3 is 2. The van der Waals surface area contributed by atoms with Gasteiger partial charge in [0.2, 0.25) is 0 Å². The Kier molecular flexibility index (Phi) is 13.0. The Balaban J connectivity index is 1.01. The summed E-state index contributed by atoms with van der Waals surface area (Å²) in [6.07, 6.45) is -8.71. The molecule has 7 rings (SSSR count). The van der Waals surface area contributed by atoms with Crippen LogP contribution in [0.2, 0.25) is 0 Å². The third-order valence-corrected chi connectivity index (χ3v) is 16.8. The summed E-state index contributed by atoms with van der Waals surface area (Å²) in [4.78, 5) is 0. The molecule has 9 N–H and O–H groups in total. The third kappa shape index (κ3) is 7.25. The van der Waals surface area contributed by atoms with Crippen LogP contribution in [0, 0.1) is 40.4 Å². The molecule has 3 saturated carbocycles. The predicted molar refractivity (Wildman–Crippen MR) is 203 cm³/mol. The summed E-state index contributed by atoms with van der Waals surface area (Å²) in [6, 6.07) is 0. The number of allylic oxidation sites excluding steroid dienone is 1. The SMILES string of the molecule is CO[C@@H]1O[C@@H]([C@@H](C)[C@H]2CC[C@H]3[C@@H]4CC=C5C[C@@H](O[C@@H]6O[C@H](CO[C@@H]7O[C@H](CO)[C@@H](O)[C@H](O)[C@H]7O)[C@@H](O)[C@H](O)[C@H]6O)C[C@H](O)[C@]5(C)[C@H]4CC[C@]23C)C[C@](C)(OC)[C@]1(C)O. The maximum absolute atomic E-state index is 12.0.